The zero-order chi connectivity index (χ0) is 20.5. The van der Waals surface area contributed by atoms with E-state index in [0.29, 0.717) is 29.8 Å². The van der Waals surface area contributed by atoms with Gasteiger partial charge in [0.05, 0.1) is 0 Å². The molecule has 0 saturated carbocycles. The third-order valence-corrected chi connectivity index (χ3v) is 4.62. The van der Waals surface area contributed by atoms with Gasteiger partial charge in [-0.05, 0) is 60.6 Å². The smallest absolute Gasteiger partial charge is 0.296 e. The van der Waals surface area contributed by atoms with Crippen LogP contribution in [0.3, 0.4) is 0 Å². The Hall–Kier alpha value is -3.08. The first-order valence-electron chi connectivity index (χ1n) is 9.10. The lowest BCUT2D eigenvalue weighted by molar-refractivity contribution is -0.115. The fourth-order valence-corrected chi connectivity index (χ4v) is 2.91. The summed E-state index contributed by atoms with van der Waals surface area (Å²) in [6, 6.07) is 11.0. The van der Waals surface area contributed by atoms with E-state index >= 15 is 0 Å². The molecule has 2 aromatic heterocycles. The fourth-order valence-electron chi connectivity index (χ4n) is 2.61. The summed E-state index contributed by atoms with van der Waals surface area (Å²) >= 11 is 11.1. The van der Waals surface area contributed by atoms with Gasteiger partial charge in [0.15, 0.2) is 5.11 Å². The van der Waals surface area contributed by atoms with Crippen LogP contribution in [0.5, 0.6) is 0 Å². The van der Waals surface area contributed by atoms with E-state index in [1.807, 2.05) is 18.3 Å². The van der Waals surface area contributed by atoms with Crippen LogP contribution < -0.4 is 16.0 Å². The number of hydrogen-bond acceptors (Lipinski definition) is 3. The molecule has 0 aliphatic heterocycles. The standard InChI is InChI=1S/C21H20ClN5OS/c22-17-5-2-15(3-6-17)4-7-19(28)23-10-1-11-26-21(29)27-14-16-8-12-24-20-18(16)9-13-25-20/h2-3,5-6,8-9,12-13H,1,10-11,14H2,(H,23,28)(H,24,25)(H2,26,27,29). The molecule has 0 atom stereocenters. The van der Waals surface area contributed by atoms with Gasteiger partial charge >= 0.3 is 0 Å². The van der Waals surface area contributed by atoms with E-state index in [4.69, 9.17) is 23.8 Å². The molecule has 3 aromatic rings. The summed E-state index contributed by atoms with van der Waals surface area (Å²) in [7, 11) is 0. The molecule has 0 aliphatic carbocycles. The molecular weight excluding hydrogens is 406 g/mol. The molecule has 6 nitrogen and oxygen atoms in total. The van der Waals surface area contributed by atoms with Crippen LogP contribution >= 0.6 is 23.8 Å². The second-order valence-electron chi connectivity index (χ2n) is 6.19. The van der Waals surface area contributed by atoms with Gasteiger partial charge in [-0.1, -0.05) is 17.5 Å². The number of carbonyl (C=O) groups is 1. The zero-order valence-electron chi connectivity index (χ0n) is 15.6. The molecule has 3 rings (SSSR count). The molecule has 0 unspecified atom stereocenters. The van der Waals surface area contributed by atoms with Gasteiger partial charge in [-0.2, -0.15) is 0 Å². The highest BCUT2D eigenvalue weighted by Crippen LogP contribution is 2.14. The largest absolute Gasteiger partial charge is 0.363 e. The van der Waals surface area contributed by atoms with Crippen LogP contribution in [0, 0.1) is 11.8 Å². The van der Waals surface area contributed by atoms with E-state index < -0.39 is 0 Å². The SMILES string of the molecule is O=C(C#Cc1ccc(Cl)cc1)NCCCNC(=S)NCc1ccnc2[nH]ccc12. The molecular formula is C21H20ClN5OS. The first-order valence-corrected chi connectivity index (χ1v) is 9.88. The first kappa shape index (κ1) is 20.6. The van der Waals surface area contributed by atoms with Crippen LogP contribution in [0.4, 0.5) is 0 Å². The summed E-state index contributed by atoms with van der Waals surface area (Å²) in [4.78, 5) is 19.1. The highest BCUT2D eigenvalue weighted by Gasteiger charge is 2.03. The van der Waals surface area contributed by atoms with E-state index in [1.54, 1.807) is 30.5 Å². The van der Waals surface area contributed by atoms with Crippen molar-refractivity contribution in [1.29, 1.82) is 0 Å². The summed E-state index contributed by atoms with van der Waals surface area (Å²) < 4.78 is 0. The molecule has 1 aromatic carbocycles. The van der Waals surface area contributed by atoms with E-state index in [1.165, 1.54) is 0 Å². The Kier molecular flexibility index (Phi) is 7.45. The second kappa shape index (κ2) is 10.5. The van der Waals surface area contributed by atoms with Gasteiger partial charge in [0.2, 0.25) is 0 Å². The average molecular weight is 426 g/mol. The fraction of sp³-hybridized carbons (Fsp3) is 0.190. The number of H-pyrrole nitrogens is 1. The predicted octanol–water partition coefficient (Wildman–Crippen LogP) is 2.74. The Morgan fingerprint density at radius 2 is 1.90 bits per heavy atom. The van der Waals surface area contributed by atoms with Gasteiger partial charge in [-0.3, -0.25) is 4.79 Å². The number of halogens is 1. The van der Waals surface area contributed by atoms with Crippen molar-refractivity contribution in [3.63, 3.8) is 0 Å². The number of amides is 1. The van der Waals surface area contributed by atoms with Gasteiger partial charge in [0, 0.05) is 53.9 Å². The number of rotatable bonds is 6. The molecule has 1 amide bonds. The lowest BCUT2D eigenvalue weighted by atomic mass is 10.2. The summed E-state index contributed by atoms with van der Waals surface area (Å²) in [6.07, 6.45) is 4.37. The first-order chi connectivity index (χ1) is 14.1. The Morgan fingerprint density at radius 3 is 2.72 bits per heavy atom. The van der Waals surface area contributed by atoms with Crippen molar-refractivity contribution in [3.8, 4) is 11.8 Å². The topological polar surface area (TPSA) is 81.8 Å². The number of nitrogens with zero attached hydrogens (tertiary/aromatic N) is 1. The Balaban J connectivity index is 1.31. The molecule has 0 saturated heterocycles. The summed E-state index contributed by atoms with van der Waals surface area (Å²) in [5.74, 6) is 5.05. The summed E-state index contributed by atoms with van der Waals surface area (Å²) in [6.45, 7) is 1.77. The molecule has 0 spiro atoms. The molecule has 4 N–H and O–H groups in total. The normalized spacial score (nSPS) is 10.1. The van der Waals surface area contributed by atoms with Crippen LogP contribution in [0.25, 0.3) is 11.0 Å². The van der Waals surface area contributed by atoms with Gasteiger partial charge < -0.3 is 20.9 Å². The third-order valence-electron chi connectivity index (χ3n) is 4.08. The minimum atomic E-state index is -0.311. The summed E-state index contributed by atoms with van der Waals surface area (Å²) in [5, 5.41) is 11.4. The number of fused-ring (bicyclic) bond motifs is 1. The zero-order valence-corrected chi connectivity index (χ0v) is 17.2. The highest BCUT2D eigenvalue weighted by molar-refractivity contribution is 7.80. The molecule has 29 heavy (non-hydrogen) atoms. The van der Waals surface area contributed by atoms with Crippen molar-refractivity contribution in [3.05, 3.63) is 64.9 Å². The van der Waals surface area contributed by atoms with Crippen LogP contribution in [-0.4, -0.2) is 34.1 Å². The van der Waals surface area contributed by atoms with Gasteiger partial charge in [-0.15, -0.1) is 0 Å². The maximum absolute atomic E-state index is 11.7. The molecule has 148 valence electrons. The predicted molar refractivity (Wildman–Crippen MR) is 119 cm³/mol. The van der Waals surface area contributed by atoms with Crippen molar-refractivity contribution in [2.45, 2.75) is 13.0 Å². The molecule has 0 radical (unpaired) electrons. The molecule has 8 heteroatoms. The quantitative estimate of drug-likeness (QED) is 0.277. The number of pyridine rings is 1. The van der Waals surface area contributed by atoms with E-state index in [9.17, 15) is 4.79 Å². The average Bonchev–Trinajstić information content (AvgIpc) is 3.21. The molecule has 0 aliphatic rings. The van der Waals surface area contributed by atoms with E-state index in [0.717, 1.165) is 28.6 Å². The number of hydrogen-bond donors (Lipinski definition) is 4. The third kappa shape index (κ3) is 6.49. The number of aromatic amines is 1. The van der Waals surface area contributed by atoms with Crippen molar-refractivity contribution in [2.24, 2.45) is 0 Å². The van der Waals surface area contributed by atoms with Crippen molar-refractivity contribution < 1.29 is 4.79 Å². The minimum absolute atomic E-state index is 0.311. The number of aromatic nitrogens is 2. The highest BCUT2D eigenvalue weighted by atomic mass is 35.5. The summed E-state index contributed by atoms with van der Waals surface area (Å²) in [5.41, 5.74) is 2.72. The van der Waals surface area contributed by atoms with Crippen LogP contribution in [0.15, 0.2) is 48.8 Å². The minimum Gasteiger partial charge on any atom is -0.363 e. The molecule has 0 bridgehead atoms. The van der Waals surface area contributed by atoms with Gasteiger partial charge in [-0.25, -0.2) is 4.98 Å². The Morgan fingerprint density at radius 1 is 1.10 bits per heavy atom. The van der Waals surface area contributed by atoms with Crippen LogP contribution in [-0.2, 0) is 11.3 Å². The number of thiocarbonyl (C=S) groups is 1. The lowest BCUT2D eigenvalue weighted by Crippen LogP contribution is -2.36. The molecule has 2 heterocycles. The number of carbonyl (C=O) groups excluding carboxylic acids is 1. The monoisotopic (exact) mass is 425 g/mol. The number of nitrogens with one attached hydrogen (secondary N) is 4. The number of benzene rings is 1. The van der Waals surface area contributed by atoms with E-state index in [-0.39, 0.29) is 5.91 Å². The van der Waals surface area contributed by atoms with Gasteiger partial charge in [0.25, 0.3) is 5.91 Å². The van der Waals surface area contributed by atoms with Crippen LogP contribution in [0.1, 0.15) is 17.5 Å². The van der Waals surface area contributed by atoms with Crippen molar-refractivity contribution in [2.75, 3.05) is 13.1 Å². The van der Waals surface area contributed by atoms with Gasteiger partial charge in [0.1, 0.15) is 5.65 Å². The Bertz CT molecular complexity index is 1050. The maximum Gasteiger partial charge on any atom is 0.296 e. The Labute approximate surface area is 179 Å². The lowest BCUT2D eigenvalue weighted by Gasteiger charge is -2.11. The maximum atomic E-state index is 11.7. The van der Waals surface area contributed by atoms with Crippen molar-refractivity contribution >= 4 is 45.9 Å². The molecule has 0 fully saturated rings. The van der Waals surface area contributed by atoms with Crippen molar-refractivity contribution in [1.82, 2.24) is 25.9 Å². The van der Waals surface area contributed by atoms with Crippen LogP contribution in [0.2, 0.25) is 5.02 Å². The second-order valence-corrected chi connectivity index (χ2v) is 7.03. The van der Waals surface area contributed by atoms with E-state index in [2.05, 4.69) is 37.8 Å².